The van der Waals surface area contributed by atoms with Crippen molar-refractivity contribution < 1.29 is 4.74 Å². The van der Waals surface area contributed by atoms with E-state index in [1.807, 2.05) is 11.8 Å². The minimum atomic E-state index is 0.488. The van der Waals surface area contributed by atoms with Crippen molar-refractivity contribution >= 4 is 11.8 Å². The molecule has 0 bridgehead atoms. The molecule has 1 aliphatic heterocycles. The average molecular weight is 272 g/mol. The van der Waals surface area contributed by atoms with Gasteiger partial charge in [-0.2, -0.15) is 11.8 Å². The van der Waals surface area contributed by atoms with Crippen molar-refractivity contribution in [1.29, 1.82) is 0 Å². The summed E-state index contributed by atoms with van der Waals surface area (Å²) in [6.07, 6.45) is 10.5. The number of morpholine rings is 1. The number of hydrogen-bond acceptors (Lipinski definition) is 4. The monoisotopic (exact) mass is 272 g/mol. The molecule has 0 amide bonds. The minimum Gasteiger partial charge on any atom is -0.375 e. The highest BCUT2D eigenvalue weighted by Crippen LogP contribution is 2.30. The van der Waals surface area contributed by atoms with Crippen LogP contribution in [-0.4, -0.2) is 54.8 Å². The number of thioether (sulfide) groups is 1. The Morgan fingerprint density at radius 3 is 3.00 bits per heavy atom. The fraction of sp³-hybridized carbons (Fsp3) is 1.00. The fourth-order valence-electron chi connectivity index (χ4n) is 3.46. The molecule has 18 heavy (non-hydrogen) atoms. The molecular formula is C14H28N2OS. The molecule has 0 aromatic rings. The van der Waals surface area contributed by atoms with E-state index in [0.717, 1.165) is 19.7 Å². The van der Waals surface area contributed by atoms with E-state index in [2.05, 4.69) is 11.2 Å². The van der Waals surface area contributed by atoms with Crippen LogP contribution in [0.4, 0.5) is 0 Å². The van der Waals surface area contributed by atoms with Crippen molar-refractivity contribution in [3.63, 3.8) is 0 Å². The summed E-state index contributed by atoms with van der Waals surface area (Å²) >= 11 is 1.94. The highest BCUT2D eigenvalue weighted by molar-refractivity contribution is 7.98. The van der Waals surface area contributed by atoms with Crippen LogP contribution in [-0.2, 0) is 4.74 Å². The van der Waals surface area contributed by atoms with Gasteiger partial charge in [-0.15, -0.1) is 0 Å². The molecule has 4 heteroatoms. The summed E-state index contributed by atoms with van der Waals surface area (Å²) in [5.74, 6) is 1.26. The molecule has 1 saturated heterocycles. The Labute approximate surface area is 116 Å². The lowest BCUT2D eigenvalue weighted by Crippen LogP contribution is -2.57. The molecule has 3 unspecified atom stereocenters. The number of fused-ring (bicyclic) bond motifs is 1. The van der Waals surface area contributed by atoms with Crippen molar-refractivity contribution in [1.82, 2.24) is 4.90 Å². The van der Waals surface area contributed by atoms with Crippen molar-refractivity contribution in [2.24, 2.45) is 5.73 Å². The van der Waals surface area contributed by atoms with Gasteiger partial charge in [0.05, 0.1) is 12.7 Å². The van der Waals surface area contributed by atoms with Crippen LogP contribution in [0, 0.1) is 0 Å². The zero-order valence-electron chi connectivity index (χ0n) is 11.6. The predicted molar refractivity (Wildman–Crippen MR) is 79.2 cm³/mol. The first-order chi connectivity index (χ1) is 8.86. The lowest BCUT2D eigenvalue weighted by molar-refractivity contribution is -0.102. The topological polar surface area (TPSA) is 38.5 Å². The summed E-state index contributed by atoms with van der Waals surface area (Å²) in [7, 11) is 0. The molecule has 3 atom stereocenters. The number of nitrogens with zero attached hydrogens (tertiary/aromatic N) is 1. The average Bonchev–Trinajstić information content (AvgIpc) is 2.43. The van der Waals surface area contributed by atoms with Crippen molar-refractivity contribution in [3.05, 3.63) is 0 Å². The summed E-state index contributed by atoms with van der Waals surface area (Å²) < 4.78 is 5.95. The minimum absolute atomic E-state index is 0.488. The first-order valence-electron chi connectivity index (χ1n) is 7.43. The number of ether oxygens (including phenoxy) is 1. The Balaban J connectivity index is 1.90. The van der Waals surface area contributed by atoms with E-state index in [1.54, 1.807) is 0 Å². The highest BCUT2D eigenvalue weighted by atomic mass is 32.2. The van der Waals surface area contributed by atoms with Gasteiger partial charge in [-0.05, 0) is 37.7 Å². The Hall–Kier alpha value is 0.230. The molecule has 0 radical (unpaired) electrons. The van der Waals surface area contributed by atoms with Gasteiger partial charge in [0.25, 0.3) is 0 Å². The SMILES string of the molecule is CSCCCC(CN)N1CCOC2CCCCC21. The highest BCUT2D eigenvalue weighted by Gasteiger charge is 2.36. The quantitative estimate of drug-likeness (QED) is 0.752. The third-order valence-corrected chi connectivity index (χ3v) is 5.10. The van der Waals surface area contributed by atoms with E-state index in [0.29, 0.717) is 18.2 Å². The lowest BCUT2D eigenvalue weighted by Gasteiger charge is -2.47. The van der Waals surface area contributed by atoms with Crippen LogP contribution in [0.2, 0.25) is 0 Å². The Morgan fingerprint density at radius 2 is 2.22 bits per heavy atom. The van der Waals surface area contributed by atoms with Crippen molar-refractivity contribution in [2.45, 2.75) is 56.7 Å². The van der Waals surface area contributed by atoms with Crippen molar-refractivity contribution in [3.8, 4) is 0 Å². The summed E-state index contributed by atoms with van der Waals surface area (Å²) in [6.45, 7) is 2.79. The molecule has 1 saturated carbocycles. The molecule has 0 spiro atoms. The fourth-order valence-corrected chi connectivity index (χ4v) is 3.92. The molecule has 2 N–H and O–H groups in total. The van der Waals surface area contributed by atoms with Crippen LogP contribution in [0.25, 0.3) is 0 Å². The molecule has 2 aliphatic rings. The Bertz CT molecular complexity index is 238. The third-order valence-electron chi connectivity index (χ3n) is 4.40. The zero-order valence-corrected chi connectivity index (χ0v) is 12.5. The second-order valence-corrected chi connectivity index (χ2v) is 6.51. The Morgan fingerprint density at radius 1 is 1.39 bits per heavy atom. The molecule has 2 fully saturated rings. The standard InChI is InChI=1S/C14H28N2OS/c1-18-10-4-5-12(11-15)16-8-9-17-14-7-3-2-6-13(14)16/h12-14H,2-11,15H2,1H3. The second kappa shape index (κ2) is 7.73. The van der Waals surface area contributed by atoms with Crippen LogP contribution >= 0.6 is 11.8 Å². The van der Waals surface area contributed by atoms with Gasteiger partial charge in [0.1, 0.15) is 0 Å². The van der Waals surface area contributed by atoms with Gasteiger partial charge in [-0.25, -0.2) is 0 Å². The molecule has 1 aliphatic carbocycles. The van der Waals surface area contributed by atoms with Gasteiger partial charge in [-0.3, -0.25) is 4.90 Å². The number of rotatable bonds is 6. The number of nitrogens with two attached hydrogens (primary N) is 1. The molecule has 0 aromatic heterocycles. The smallest absolute Gasteiger partial charge is 0.0731 e. The molecule has 2 rings (SSSR count). The van der Waals surface area contributed by atoms with E-state index < -0.39 is 0 Å². The maximum atomic E-state index is 6.02. The van der Waals surface area contributed by atoms with Gasteiger partial charge in [0.2, 0.25) is 0 Å². The van der Waals surface area contributed by atoms with Gasteiger partial charge in [-0.1, -0.05) is 12.8 Å². The van der Waals surface area contributed by atoms with E-state index in [-0.39, 0.29) is 0 Å². The maximum absolute atomic E-state index is 6.02. The predicted octanol–water partition coefficient (Wildman–Crippen LogP) is 2.10. The lowest BCUT2D eigenvalue weighted by atomic mass is 9.88. The number of hydrogen-bond donors (Lipinski definition) is 1. The molecule has 1 heterocycles. The van der Waals surface area contributed by atoms with Crippen LogP contribution in [0.5, 0.6) is 0 Å². The summed E-state index contributed by atoms with van der Waals surface area (Å²) in [5.41, 5.74) is 6.02. The molecule has 0 aromatic carbocycles. The van der Waals surface area contributed by atoms with Crippen LogP contribution in [0.3, 0.4) is 0 Å². The van der Waals surface area contributed by atoms with Gasteiger partial charge >= 0.3 is 0 Å². The zero-order chi connectivity index (χ0) is 12.8. The largest absolute Gasteiger partial charge is 0.375 e. The van der Waals surface area contributed by atoms with Crippen LogP contribution in [0.1, 0.15) is 38.5 Å². The van der Waals surface area contributed by atoms with Gasteiger partial charge in [0, 0.05) is 25.2 Å². The molecule has 106 valence electrons. The second-order valence-electron chi connectivity index (χ2n) is 5.52. The summed E-state index contributed by atoms with van der Waals surface area (Å²) in [6, 6.07) is 1.22. The molecule has 3 nitrogen and oxygen atoms in total. The van der Waals surface area contributed by atoms with Crippen LogP contribution < -0.4 is 5.73 Å². The first kappa shape index (κ1) is 14.6. The molecular weight excluding hydrogens is 244 g/mol. The summed E-state index contributed by atoms with van der Waals surface area (Å²) in [5, 5.41) is 0. The van der Waals surface area contributed by atoms with E-state index in [1.165, 1.54) is 44.3 Å². The normalized spacial score (nSPS) is 31.0. The summed E-state index contributed by atoms with van der Waals surface area (Å²) in [4.78, 5) is 2.67. The van der Waals surface area contributed by atoms with E-state index >= 15 is 0 Å². The Kier molecular flexibility index (Phi) is 6.29. The van der Waals surface area contributed by atoms with Gasteiger partial charge < -0.3 is 10.5 Å². The van der Waals surface area contributed by atoms with Crippen LogP contribution in [0.15, 0.2) is 0 Å². The first-order valence-corrected chi connectivity index (χ1v) is 8.82. The van der Waals surface area contributed by atoms with Gasteiger partial charge in [0.15, 0.2) is 0 Å². The van der Waals surface area contributed by atoms with Crippen molar-refractivity contribution in [2.75, 3.05) is 31.7 Å². The van der Waals surface area contributed by atoms with E-state index in [4.69, 9.17) is 10.5 Å². The third kappa shape index (κ3) is 3.62. The maximum Gasteiger partial charge on any atom is 0.0731 e. The van der Waals surface area contributed by atoms with E-state index in [9.17, 15) is 0 Å².